The van der Waals surface area contributed by atoms with Crippen molar-refractivity contribution in [3.8, 4) is 11.3 Å². The molecule has 0 aliphatic heterocycles. The predicted molar refractivity (Wildman–Crippen MR) is 107 cm³/mol. The van der Waals surface area contributed by atoms with Crippen molar-refractivity contribution in [1.29, 1.82) is 0 Å². The SMILES string of the molecule is O=C(Cn1c(=O)nc(-c2ccccc2)c2cc(Cl)ccc21)NCc1ccco1. The summed E-state index contributed by atoms with van der Waals surface area (Å²) in [5, 5.41) is 3.97. The fraction of sp³-hybridized carbons (Fsp3) is 0.0952. The number of benzene rings is 2. The standard InChI is InChI=1S/C21H16ClN3O3/c22-15-8-9-18-17(11-15)20(14-5-2-1-3-6-14)24-21(27)25(18)13-19(26)23-12-16-7-4-10-28-16/h1-11H,12-13H2,(H,23,26). The maximum atomic E-state index is 12.7. The van der Waals surface area contributed by atoms with E-state index in [4.69, 9.17) is 16.0 Å². The summed E-state index contributed by atoms with van der Waals surface area (Å²) in [5.74, 6) is 0.318. The lowest BCUT2D eigenvalue weighted by Gasteiger charge is -2.13. The summed E-state index contributed by atoms with van der Waals surface area (Å²) in [4.78, 5) is 29.3. The maximum absolute atomic E-state index is 12.7. The largest absolute Gasteiger partial charge is 0.467 e. The molecule has 6 nitrogen and oxygen atoms in total. The first kappa shape index (κ1) is 18.0. The van der Waals surface area contributed by atoms with Gasteiger partial charge in [0.1, 0.15) is 12.3 Å². The minimum atomic E-state index is -0.498. The van der Waals surface area contributed by atoms with E-state index in [1.807, 2.05) is 30.3 Å². The molecule has 0 aliphatic rings. The van der Waals surface area contributed by atoms with Crippen LogP contribution in [0.1, 0.15) is 5.76 Å². The van der Waals surface area contributed by atoms with Gasteiger partial charge >= 0.3 is 5.69 Å². The Morgan fingerprint density at radius 1 is 1.11 bits per heavy atom. The van der Waals surface area contributed by atoms with E-state index in [0.29, 0.717) is 27.4 Å². The molecule has 0 spiro atoms. The van der Waals surface area contributed by atoms with Gasteiger partial charge in [-0.1, -0.05) is 41.9 Å². The van der Waals surface area contributed by atoms with Crippen molar-refractivity contribution in [1.82, 2.24) is 14.9 Å². The van der Waals surface area contributed by atoms with Crippen LogP contribution in [0.4, 0.5) is 0 Å². The lowest BCUT2D eigenvalue weighted by Crippen LogP contribution is -2.33. The third-order valence-electron chi connectivity index (χ3n) is 4.33. The van der Waals surface area contributed by atoms with Crippen LogP contribution in [0.25, 0.3) is 22.2 Å². The predicted octanol–water partition coefficient (Wildman–Crippen LogP) is 3.63. The summed E-state index contributed by atoms with van der Waals surface area (Å²) in [5.41, 5.74) is 1.44. The first-order valence-electron chi connectivity index (χ1n) is 8.66. The van der Waals surface area contributed by atoms with Gasteiger partial charge in [-0.05, 0) is 30.3 Å². The number of carbonyl (C=O) groups is 1. The molecule has 28 heavy (non-hydrogen) atoms. The quantitative estimate of drug-likeness (QED) is 0.561. The molecular weight excluding hydrogens is 378 g/mol. The molecule has 140 valence electrons. The molecule has 0 aliphatic carbocycles. The van der Waals surface area contributed by atoms with Crippen LogP contribution in [0.5, 0.6) is 0 Å². The van der Waals surface area contributed by atoms with Crippen LogP contribution in [0.2, 0.25) is 5.02 Å². The van der Waals surface area contributed by atoms with Gasteiger partial charge in [0.15, 0.2) is 0 Å². The van der Waals surface area contributed by atoms with Crippen molar-refractivity contribution in [2.45, 2.75) is 13.1 Å². The van der Waals surface area contributed by atoms with E-state index in [1.165, 1.54) is 10.8 Å². The summed E-state index contributed by atoms with van der Waals surface area (Å²) in [6.07, 6.45) is 1.54. The number of hydrogen-bond acceptors (Lipinski definition) is 4. The first-order valence-corrected chi connectivity index (χ1v) is 9.04. The number of fused-ring (bicyclic) bond motifs is 1. The first-order chi connectivity index (χ1) is 13.6. The molecule has 0 unspecified atom stereocenters. The van der Waals surface area contributed by atoms with Crippen molar-refractivity contribution in [3.05, 3.63) is 88.2 Å². The molecule has 0 saturated heterocycles. The summed E-state index contributed by atoms with van der Waals surface area (Å²) in [6, 6.07) is 18.1. The van der Waals surface area contributed by atoms with E-state index >= 15 is 0 Å². The zero-order valence-electron chi connectivity index (χ0n) is 14.8. The number of amides is 1. The highest BCUT2D eigenvalue weighted by atomic mass is 35.5. The highest BCUT2D eigenvalue weighted by Gasteiger charge is 2.15. The molecule has 4 rings (SSSR count). The van der Waals surface area contributed by atoms with Crippen LogP contribution in [-0.4, -0.2) is 15.5 Å². The maximum Gasteiger partial charge on any atom is 0.349 e. The number of halogens is 1. The van der Waals surface area contributed by atoms with Gasteiger partial charge in [-0.25, -0.2) is 4.79 Å². The molecule has 2 aromatic carbocycles. The number of hydrogen-bond donors (Lipinski definition) is 1. The minimum absolute atomic E-state index is 0.153. The molecule has 0 fully saturated rings. The number of nitrogens with one attached hydrogen (secondary N) is 1. The van der Waals surface area contributed by atoms with Crippen molar-refractivity contribution >= 4 is 28.4 Å². The molecule has 4 aromatic rings. The van der Waals surface area contributed by atoms with Crippen LogP contribution in [0, 0.1) is 0 Å². The van der Waals surface area contributed by atoms with Crippen LogP contribution in [0.15, 0.2) is 76.1 Å². The van der Waals surface area contributed by atoms with Gasteiger partial charge in [-0.2, -0.15) is 4.98 Å². The Labute approximate surface area is 165 Å². The van der Waals surface area contributed by atoms with Gasteiger partial charge in [-0.3, -0.25) is 9.36 Å². The van der Waals surface area contributed by atoms with Crippen molar-refractivity contribution in [2.75, 3.05) is 0 Å². The Morgan fingerprint density at radius 2 is 1.93 bits per heavy atom. The van der Waals surface area contributed by atoms with Crippen LogP contribution < -0.4 is 11.0 Å². The van der Waals surface area contributed by atoms with Gasteiger partial charge < -0.3 is 9.73 Å². The Kier molecular flexibility index (Phi) is 4.95. The van der Waals surface area contributed by atoms with Gasteiger partial charge in [-0.15, -0.1) is 0 Å². The molecule has 2 heterocycles. The van der Waals surface area contributed by atoms with E-state index in [2.05, 4.69) is 10.3 Å². The Hall–Kier alpha value is -3.38. The van der Waals surface area contributed by atoms with Crippen LogP contribution in [0.3, 0.4) is 0 Å². The third kappa shape index (κ3) is 3.68. The van der Waals surface area contributed by atoms with E-state index in [0.717, 1.165) is 5.56 Å². The molecule has 0 atom stereocenters. The monoisotopic (exact) mass is 393 g/mol. The molecule has 0 radical (unpaired) electrons. The third-order valence-corrected chi connectivity index (χ3v) is 4.57. The molecule has 7 heteroatoms. The fourth-order valence-corrected chi connectivity index (χ4v) is 3.19. The number of carbonyl (C=O) groups excluding carboxylic acids is 1. The van der Waals surface area contributed by atoms with E-state index in [1.54, 1.807) is 30.3 Å². The Bertz CT molecular complexity index is 1180. The van der Waals surface area contributed by atoms with Gasteiger partial charge in [0.2, 0.25) is 5.91 Å². The van der Waals surface area contributed by atoms with Crippen molar-refractivity contribution in [2.24, 2.45) is 0 Å². The summed E-state index contributed by atoms with van der Waals surface area (Å²) in [6.45, 7) is 0.0968. The zero-order chi connectivity index (χ0) is 19.5. The summed E-state index contributed by atoms with van der Waals surface area (Å²) >= 11 is 6.18. The van der Waals surface area contributed by atoms with E-state index in [-0.39, 0.29) is 19.0 Å². The fourth-order valence-electron chi connectivity index (χ4n) is 3.02. The molecule has 1 N–H and O–H groups in total. The Balaban J connectivity index is 1.72. The second-order valence-corrected chi connectivity index (χ2v) is 6.65. The van der Waals surface area contributed by atoms with Gasteiger partial charge in [0, 0.05) is 16.0 Å². The molecule has 0 saturated carbocycles. The molecule has 1 amide bonds. The topological polar surface area (TPSA) is 77.1 Å². The van der Waals surface area contributed by atoms with Crippen LogP contribution in [-0.2, 0) is 17.9 Å². The highest BCUT2D eigenvalue weighted by Crippen LogP contribution is 2.27. The highest BCUT2D eigenvalue weighted by molar-refractivity contribution is 6.31. The van der Waals surface area contributed by atoms with E-state index in [9.17, 15) is 9.59 Å². The normalized spacial score (nSPS) is 10.9. The molecule has 2 aromatic heterocycles. The smallest absolute Gasteiger partial charge is 0.349 e. The lowest BCUT2D eigenvalue weighted by atomic mass is 10.1. The zero-order valence-corrected chi connectivity index (χ0v) is 15.5. The minimum Gasteiger partial charge on any atom is -0.467 e. The van der Waals surface area contributed by atoms with Crippen molar-refractivity contribution in [3.63, 3.8) is 0 Å². The van der Waals surface area contributed by atoms with Crippen molar-refractivity contribution < 1.29 is 9.21 Å². The van der Waals surface area contributed by atoms with Gasteiger partial charge in [0.05, 0.1) is 24.0 Å². The van der Waals surface area contributed by atoms with Crippen LogP contribution >= 0.6 is 11.6 Å². The average Bonchev–Trinajstić information content (AvgIpc) is 3.22. The van der Waals surface area contributed by atoms with Gasteiger partial charge in [0.25, 0.3) is 0 Å². The Morgan fingerprint density at radius 3 is 2.68 bits per heavy atom. The number of furan rings is 1. The number of rotatable bonds is 5. The summed E-state index contributed by atoms with van der Waals surface area (Å²) < 4.78 is 6.54. The number of nitrogens with zero attached hydrogens (tertiary/aromatic N) is 2. The second-order valence-electron chi connectivity index (χ2n) is 6.21. The second kappa shape index (κ2) is 7.70. The average molecular weight is 394 g/mol. The molecule has 0 bridgehead atoms. The number of aromatic nitrogens is 2. The lowest BCUT2D eigenvalue weighted by molar-refractivity contribution is -0.121. The molecular formula is C21H16ClN3O3. The summed E-state index contributed by atoms with van der Waals surface area (Å²) in [7, 11) is 0. The van der Waals surface area contributed by atoms with E-state index < -0.39 is 5.69 Å².